The smallest absolute Gasteiger partial charge is 0.252 e. The van der Waals surface area contributed by atoms with E-state index in [1.54, 1.807) is 54.6 Å². The van der Waals surface area contributed by atoms with Crippen LogP contribution >= 0.6 is 34.0 Å². The zero-order valence-electron chi connectivity index (χ0n) is 43.4. The van der Waals surface area contributed by atoms with Crippen molar-refractivity contribution in [2.45, 2.75) is 80.3 Å². The van der Waals surface area contributed by atoms with Crippen molar-refractivity contribution < 1.29 is 28.8 Å². The summed E-state index contributed by atoms with van der Waals surface area (Å²) in [5, 5.41) is 19.5. The molecule has 21 nitrogen and oxygen atoms in total. The molecule has 0 unspecified atom stereocenters. The van der Waals surface area contributed by atoms with Crippen molar-refractivity contribution >= 4 is 104 Å². The maximum atomic E-state index is 14.1. The first-order valence-corrected chi connectivity index (χ1v) is 27.9. The number of benzene rings is 3. The molecule has 0 aliphatic rings. The van der Waals surface area contributed by atoms with Crippen molar-refractivity contribution in [3.8, 4) is 0 Å². The number of carbonyl (C=O) groups excluding carboxylic acids is 6. The number of hydrogen-bond acceptors (Lipinski definition) is 15. The molecule has 6 aromatic rings. The van der Waals surface area contributed by atoms with Crippen LogP contribution in [-0.2, 0) is 48.0 Å². The summed E-state index contributed by atoms with van der Waals surface area (Å²) in [6.07, 6.45) is 0.529. The standard InChI is InChI=1S/C55H67N15O6S3/c56-50(57)65-22-1-19-53(62,43(71)28-34-16-25-77-31-34)47(74)68-40-10-4-37(5-11-40)46(38-6-12-41(13-7-38)69-48(75)54(63,20-2-23-66-51(58)59)44(72)29-35-17-26-78-32-35)39-8-14-42(15-9-39)70-49(76)55(64,21-3-24-67-52(60)61)45(73)30-36-18-27-79-33-36/h4-18,25-27,31-33,46H,1-3,19-24,28-30,62-64H2,(H,68,74)(H,69,75)(H,70,76)(H4,56,57,65)(H4,58,59,66)(H4,60,61,67)/t53-,54-,55-/m1/s1. The van der Waals surface area contributed by atoms with E-state index in [-0.39, 0.29) is 95.3 Å². The predicted molar refractivity (Wildman–Crippen MR) is 316 cm³/mol. The Morgan fingerprint density at radius 1 is 0.405 bits per heavy atom. The number of Topliss-reactive ketones (excluding diaryl/α,β-unsaturated/α-hetero) is 3. The van der Waals surface area contributed by atoms with Crippen LogP contribution in [0.5, 0.6) is 0 Å². The fourth-order valence-corrected chi connectivity index (χ4v) is 10.6. The van der Waals surface area contributed by atoms with Gasteiger partial charge in [0.05, 0.1) is 0 Å². The number of amides is 3. The Kier molecular flexibility index (Phi) is 21.3. The molecule has 24 heteroatoms. The van der Waals surface area contributed by atoms with Gasteiger partial charge in [-0.3, -0.25) is 43.7 Å². The Labute approximate surface area is 469 Å². The van der Waals surface area contributed by atoms with Crippen molar-refractivity contribution in [1.29, 1.82) is 0 Å². The van der Waals surface area contributed by atoms with E-state index in [1.807, 2.05) is 68.7 Å². The van der Waals surface area contributed by atoms with E-state index in [0.717, 1.165) is 33.4 Å². The highest BCUT2D eigenvalue weighted by molar-refractivity contribution is 7.08. The summed E-state index contributed by atoms with van der Waals surface area (Å²) in [6, 6.07) is 26.4. The summed E-state index contributed by atoms with van der Waals surface area (Å²) in [6.45, 7) is 0.481. The number of nitrogens with two attached hydrogens (primary N) is 9. The van der Waals surface area contributed by atoms with E-state index in [1.165, 1.54) is 34.0 Å². The summed E-state index contributed by atoms with van der Waals surface area (Å²) in [4.78, 5) is 95.4. The van der Waals surface area contributed by atoms with Gasteiger partial charge in [-0.25, -0.2) is 0 Å². The number of thiophene rings is 3. The number of hydrogen-bond donors (Lipinski definition) is 12. The average Bonchev–Trinajstić information content (AvgIpc) is 4.31. The molecular formula is C55H67N15O6S3. The Morgan fingerprint density at radius 2 is 0.658 bits per heavy atom. The molecule has 3 atom stereocenters. The molecule has 0 saturated heterocycles. The number of guanidine groups is 3. The van der Waals surface area contributed by atoms with Crippen LogP contribution in [0, 0.1) is 0 Å². The summed E-state index contributed by atoms with van der Waals surface area (Å²) in [5.41, 5.74) is 52.9. The fourth-order valence-electron chi connectivity index (χ4n) is 8.63. The number of ketones is 3. The maximum Gasteiger partial charge on any atom is 0.252 e. The van der Waals surface area contributed by atoms with Gasteiger partial charge >= 0.3 is 0 Å². The molecule has 416 valence electrons. The molecule has 0 bridgehead atoms. The lowest BCUT2D eigenvalue weighted by molar-refractivity contribution is -0.134. The number of carbonyl (C=O) groups is 6. The van der Waals surface area contributed by atoms with Gasteiger partial charge < -0.3 is 67.6 Å². The summed E-state index contributed by atoms with van der Waals surface area (Å²) in [7, 11) is 0. The minimum atomic E-state index is -1.92. The van der Waals surface area contributed by atoms with Crippen LogP contribution in [0.25, 0.3) is 0 Å². The molecule has 0 saturated carbocycles. The van der Waals surface area contributed by atoms with Gasteiger partial charge in [0.25, 0.3) is 17.7 Å². The van der Waals surface area contributed by atoms with E-state index in [2.05, 4.69) is 30.9 Å². The van der Waals surface area contributed by atoms with Crippen LogP contribution in [0.1, 0.15) is 77.8 Å². The number of aliphatic imine (C=N–C) groups is 3. The zero-order valence-corrected chi connectivity index (χ0v) is 45.8. The van der Waals surface area contributed by atoms with Crippen LogP contribution in [-0.4, -0.2) is 89.2 Å². The van der Waals surface area contributed by atoms with Crippen molar-refractivity contribution in [3.63, 3.8) is 0 Å². The monoisotopic (exact) mass is 1130 g/mol. The van der Waals surface area contributed by atoms with Crippen molar-refractivity contribution in [3.05, 3.63) is 157 Å². The van der Waals surface area contributed by atoms with Gasteiger partial charge in [0.15, 0.2) is 51.8 Å². The largest absolute Gasteiger partial charge is 0.370 e. The summed E-state index contributed by atoms with van der Waals surface area (Å²) in [5.74, 6) is -4.42. The topological polar surface area (TPSA) is 410 Å². The Hall–Kier alpha value is -8.13. The molecule has 0 aliphatic carbocycles. The number of nitrogens with zero attached hydrogens (tertiary/aromatic N) is 3. The number of anilines is 3. The molecule has 3 aromatic carbocycles. The van der Waals surface area contributed by atoms with Gasteiger partial charge in [0, 0.05) is 61.9 Å². The van der Waals surface area contributed by atoms with E-state index in [4.69, 9.17) is 51.6 Å². The van der Waals surface area contributed by atoms with Gasteiger partial charge in [-0.1, -0.05) is 36.4 Å². The predicted octanol–water partition coefficient (Wildman–Crippen LogP) is 3.56. The van der Waals surface area contributed by atoms with E-state index < -0.39 is 57.6 Å². The molecule has 0 radical (unpaired) electrons. The molecule has 21 N–H and O–H groups in total. The van der Waals surface area contributed by atoms with Crippen LogP contribution in [0.4, 0.5) is 17.1 Å². The quantitative estimate of drug-likeness (QED) is 0.0101. The molecule has 0 spiro atoms. The van der Waals surface area contributed by atoms with Crippen LogP contribution in [0.2, 0.25) is 0 Å². The first-order valence-electron chi connectivity index (χ1n) is 25.1. The van der Waals surface area contributed by atoms with Gasteiger partial charge in [-0.05, 0) is 159 Å². The first-order chi connectivity index (χ1) is 37.7. The van der Waals surface area contributed by atoms with Crippen molar-refractivity contribution in [2.24, 2.45) is 66.6 Å². The summed E-state index contributed by atoms with van der Waals surface area (Å²) < 4.78 is 0. The average molecular weight is 1130 g/mol. The van der Waals surface area contributed by atoms with Crippen LogP contribution < -0.4 is 67.6 Å². The normalized spacial score (nSPS) is 13.4. The fraction of sp³-hybridized carbons (Fsp3) is 0.291. The van der Waals surface area contributed by atoms with Gasteiger partial charge in [0.1, 0.15) is 0 Å². The van der Waals surface area contributed by atoms with Crippen molar-refractivity contribution in [1.82, 2.24) is 0 Å². The Morgan fingerprint density at radius 3 is 0.873 bits per heavy atom. The van der Waals surface area contributed by atoms with Gasteiger partial charge in [0.2, 0.25) is 0 Å². The molecule has 79 heavy (non-hydrogen) atoms. The lowest BCUT2D eigenvalue weighted by Crippen LogP contribution is -2.58. The van der Waals surface area contributed by atoms with Crippen LogP contribution in [0.3, 0.4) is 0 Å². The van der Waals surface area contributed by atoms with E-state index >= 15 is 0 Å². The Bertz CT molecular complexity index is 2770. The third-order valence-electron chi connectivity index (χ3n) is 13.1. The Balaban J connectivity index is 1.29. The second kappa shape index (κ2) is 28.0. The highest BCUT2D eigenvalue weighted by Gasteiger charge is 2.43. The lowest BCUT2D eigenvalue weighted by atomic mass is 9.84. The maximum absolute atomic E-state index is 14.1. The SMILES string of the molecule is NC(N)=NCCC[C@@](N)(C(=O)Cc1ccsc1)C(=O)Nc1ccc(C(c2ccc(NC(=O)[C@@](N)(CCCN=C(N)N)C(=O)Cc3ccsc3)cc2)c2ccc(NC(=O)[C@@](N)(CCCN=C(N)N)C(=O)Cc3ccsc3)cc2)cc1. The third-order valence-corrected chi connectivity index (χ3v) is 15.3. The second-order valence-electron chi connectivity index (χ2n) is 19.0. The number of rotatable bonds is 30. The van der Waals surface area contributed by atoms with Gasteiger partial charge in [-0.2, -0.15) is 34.0 Å². The van der Waals surface area contributed by atoms with E-state index in [0.29, 0.717) is 17.1 Å². The summed E-state index contributed by atoms with van der Waals surface area (Å²) >= 11 is 4.27. The highest BCUT2D eigenvalue weighted by atomic mass is 32.1. The number of nitrogens with one attached hydrogen (secondary N) is 3. The first kappa shape index (κ1) is 60.1. The molecule has 6 rings (SSSR count). The molecular weight excluding hydrogens is 1060 g/mol. The highest BCUT2D eigenvalue weighted by Crippen LogP contribution is 2.35. The second-order valence-corrected chi connectivity index (χ2v) is 21.3. The van der Waals surface area contributed by atoms with E-state index in [9.17, 15) is 28.8 Å². The van der Waals surface area contributed by atoms with Gasteiger partial charge in [-0.15, -0.1) is 0 Å². The van der Waals surface area contributed by atoms with Crippen molar-refractivity contribution in [2.75, 3.05) is 35.6 Å². The molecule has 3 amide bonds. The van der Waals surface area contributed by atoms with Crippen LogP contribution in [0.15, 0.2) is 138 Å². The minimum Gasteiger partial charge on any atom is -0.370 e. The molecule has 3 aromatic heterocycles. The molecule has 3 heterocycles. The molecule has 0 fully saturated rings. The minimum absolute atomic E-state index is 0.0279. The zero-order chi connectivity index (χ0) is 57.2. The molecule has 0 aliphatic heterocycles. The lowest BCUT2D eigenvalue weighted by Gasteiger charge is -2.27. The third kappa shape index (κ3) is 16.7.